The maximum atomic E-state index is 12.4. The molecule has 0 fully saturated rings. The summed E-state index contributed by atoms with van der Waals surface area (Å²) in [6.07, 6.45) is -1.02. The highest BCUT2D eigenvalue weighted by molar-refractivity contribution is 9.10. The molecule has 0 saturated carbocycles. The Kier molecular flexibility index (Phi) is 5.65. The Hall–Kier alpha value is -2.48. The van der Waals surface area contributed by atoms with Crippen molar-refractivity contribution in [3.05, 3.63) is 40.1 Å². The van der Waals surface area contributed by atoms with Gasteiger partial charge in [0, 0.05) is 5.56 Å². The molecule has 2 rings (SSSR count). The second kappa shape index (κ2) is 7.41. The molecular formula is C18H20BrN3O4. The molecule has 0 spiro atoms. The maximum Gasteiger partial charge on any atom is 0.425 e. The minimum Gasteiger partial charge on any atom is -0.464 e. The van der Waals surface area contributed by atoms with Gasteiger partial charge in [-0.1, -0.05) is 18.2 Å². The summed E-state index contributed by atoms with van der Waals surface area (Å²) in [5, 5.41) is 9.53. The number of anilines is 1. The molecule has 0 bridgehead atoms. The Labute approximate surface area is 160 Å². The van der Waals surface area contributed by atoms with E-state index in [1.165, 1.54) is 6.20 Å². The van der Waals surface area contributed by atoms with E-state index >= 15 is 0 Å². The number of carbonyl (C=O) groups excluding carboxylic acids is 1. The number of carboxylic acid groups (broad SMARTS) is 1. The van der Waals surface area contributed by atoms with Crippen LogP contribution in [0.5, 0.6) is 0 Å². The average molecular weight is 422 g/mol. The van der Waals surface area contributed by atoms with Crippen molar-refractivity contribution >= 4 is 33.9 Å². The van der Waals surface area contributed by atoms with E-state index in [1.807, 2.05) is 32.0 Å². The number of imide groups is 1. The molecular weight excluding hydrogens is 402 g/mol. The zero-order chi connectivity index (χ0) is 19.6. The van der Waals surface area contributed by atoms with Crippen LogP contribution in [0.2, 0.25) is 0 Å². The van der Waals surface area contributed by atoms with Crippen LogP contribution in [0.25, 0.3) is 11.3 Å². The summed E-state index contributed by atoms with van der Waals surface area (Å²) in [6.45, 7) is 8.80. The number of ether oxygens (including phenoxy) is 1. The summed E-state index contributed by atoms with van der Waals surface area (Å²) in [6, 6.07) is 5.77. The quantitative estimate of drug-likeness (QED) is 0.737. The molecule has 7 nitrogen and oxygen atoms in total. The van der Waals surface area contributed by atoms with Crippen molar-refractivity contribution in [2.45, 2.75) is 40.2 Å². The topological polar surface area (TPSA) is 92.6 Å². The maximum absolute atomic E-state index is 12.4. The van der Waals surface area contributed by atoms with E-state index < -0.39 is 17.8 Å². The molecule has 2 aromatic rings. The summed E-state index contributed by atoms with van der Waals surface area (Å²) in [7, 11) is 0. The number of benzene rings is 1. The number of nitrogens with zero attached hydrogens (tertiary/aromatic N) is 3. The number of aromatic nitrogens is 2. The lowest BCUT2D eigenvalue weighted by molar-refractivity contribution is 0.0580. The Morgan fingerprint density at radius 2 is 1.77 bits per heavy atom. The molecule has 1 aromatic carbocycles. The first kappa shape index (κ1) is 19.8. The molecule has 8 heteroatoms. The fourth-order valence-corrected chi connectivity index (χ4v) is 2.78. The molecule has 0 aliphatic heterocycles. The summed E-state index contributed by atoms with van der Waals surface area (Å²) in [4.78, 5) is 33.0. The number of aryl methyl sites for hydroxylation is 2. The summed E-state index contributed by atoms with van der Waals surface area (Å²) < 4.78 is 5.31. The van der Waals surface area contributed by atoms with E-state index in [4.69, 9.17) is 4.74 Å². The first-order valence-corrected chi connectivity index (χ1v) is 8.65. The van der Waals surface area contributed by atoms with Crippen molar-refractivity contribution in [3.8, 4) is 11.3 Å². The SMILES string of the molecule is Cc1cccc(C)c1-c1cnc(Br)c(N(C(=O)O)C(=O)OC(C)(C)C)n1. The largest absolute Gasteiger partial charge is 0.464 e. The highest BCUT2D eigenvalue weighted by atomic mass is 79.9. The molecule has 0 aliphatic rings. The van der Waals surface area contributed by atoms with Crippen LogP contribution in [0, 0.1) is 13.8 Å². The number of hydrogen-bond donors (Lipinski definition) is 1. The predicted octanol–water partition coefficient (Wildman–Crippen LogP) is 4.94. The van der Waals surface area contributed by atoms with Crippen molar-refractivity contribution < 1.29 is 19.4 Å². The molecule has 0 radical (unpaired) electrons. The van der Waals surface area contributed by atoms with Crippen molar-refractivity contribution in [1.29, 1.82) is 0 Å². The summed E-state index contributed by atoms with van der Waals surface area (Å²) in [5.41, 5.74) is 2.38. The standard InChI is InChI=1S/C18H20BrN3O4/c1-10-7-6-8-11(2)13(10)12-9-20-14(19)15(21-12)22(16(23)24)17(25)26-18(3,4)5/h6-9H,1-5H3,(H,23,24). The second-order valence-corrected chi connectivity index (χ2v) is 7.49. The van der Waals surface area contributed by atoms with Crippen LogP contribution in [0.3, 0.4) is 0 Å². The van der Waals surface area contributed by atoms with E-state index in [0.29, 0.717) is 10.6 Å². The van der Waals surface area contributed by atoms with Gasteiger partial charge < -0.3 is 9.84 Å². The third-order valence-corrected chi connectivity index (χ3v) is 3.99. The first-order valence-electron chi connectivity index (χ1n) is 7.86. The van der Waals surface area contributed by atoms with Gasteiger partial charge in [-0.05, 0) is 61.7 Å². The van der Waals surface area contributed by atoms with Gasteiger partial charge in [0.25, 0.3) is 0 Å². The molecule has 0 aliphatic carbocycles. The van der Waals surface area contributed by atoms with Gasteiger partial charge in [-0.15, -0.1) is 0 Å². The van der Waals surface area contributed by atoms with Crippen LogP contribution in [-0.2, 0) is 4.74 Å². The molecule has 0 atom stereocenters. The minimum atomic E-state index is -1.51. The normalized spacial score (nSPS) is 11.2. The third-order valence-electron chi connectivity index (χ3n) is 3.43. The fourth-order valence-electron chi connectivity index (χ4n) is 2.41. The Morgan fingerprint density at radius 1 is 1.19 bits per heavy atom. The summed E-state index contributed by atoms with van der Waals surface area (Å²) >= 11 is 3.17. The van der Waals surface area contributed by atoms with E-state index in [0.717, 1.165) is 16.7 Å². The molecule has 0 unspecified atom stereocenters. The predicted molar refractivity (Wildman–Crippen MR) is 101 cm³/mol. The zero-order valence-corrected chi connectivity index (χ0v) is 16.8. The van der Waals surface area contributed by atoms with Crippen molar-refractivity contribution in [3.63, 3.8) is 0 Å². The average Bonchev–Trinajstić information content (AvgIpc) is 2.48. The second-order valence-electron chi connectivity index (χ2n) is 6.73. The molecule has 0 saturated heterocycles. The van der Waals surface area contributed by atoms with Crippen molar-refractivity contribution in [1.82, 2.24) is 9.97 Å². The molecule has 1 heterocycles. The third kappa shape index (κ3) is 4.37. The van der Waals surface area contributed by atoms with Gasteiger partial charge in [-0.3, -0.25) is 0 Å². The van der Waals surface area contributed by atoms with Crippen LogP contribution in [-0.4, -0.2) is 32.9 Å². The van der Waals surface area contributed by atoms with Crippen LogP contribution >= 0.6 is 15.9 Å². The van der Waals surface area contributed by atoms with Crippen molar-refractivity contribution in [2.24, 2.45) is 0 Å². The van der Waals surface area contributed by atoms with Gasteiger partial charge in [0.2, 0.25) is 0 Å². The highest BCUT2D eigenvalue weighted by Crippen LogP contribution is 2.30. The molecule has 2 amide bonds. The van der Waals surface area contributed by atoms with E-state index in [-0.39, 0.29) is 10.4 Å². The van der Waals surface area contributed by atoms with Gasteiger partial charge in [0.15, 0.2) is 5.82 Å². The number of halogens is 1. The van der Waals surface area contributed by atoms with E-state index in [1.54, 1.807) is 20.8 Å². The Balaban J connectivity index is 2.57. The number of carbonyl (C=O) groups is 2. The molecule has 26 heavy (non-hydrogen) atoms. The van der Waals surface area contributed by atoms with Gasteiger partial charge in [0.05, 0.1) is 11.9 Å². The van der Waals surface area contributed by atoms with Gasteiger partial charge >= 0.3 is 12.2 Å². The number of amides is 2. The van der Waals surface area contributed by atoms with E-state index in [9.17, 15) is 14.7 Å². The van der Waals surface area contributed by atoms with Crippen molar-refractivity contribution in [2.75, 3.05) is 4.90 Å². The Bertz CT molecular complexity index is 842. The lowest BCUT2D eigenvalue weighted by Gasteiger charge is -2.24. The molecule has 1 aromatic heterocycles. The first-order chi connectivity index (χ1) is 12.0. The fraction of sp³-hybridized carbons (Fsp3) is 0.333. The van der Waals surface area contributed by atoms with Crippen LogP contribution < -0.4 is 4.90 Å². The van der Waals surface area contributed by atoms with Gasteiger partial charge in [-0.25, -0.2) is 19.6 Å². The summed E-state index contributed by atoms with van der Waals surface area (Å²) in [5.74, 6) is -0.146. The highest BCUT2D eigenvalue weighted by Gasteiger charge is 2.32. The van der Waals surface area contributed by atoms with Crippen LogP contribution in [0.4, 0.5) is 15.4 Å². The van der Waals surface area contributed by atoms with Gasteiger partial charge in [-0.2, -0.15) is 4.90 Å². The van der Waals surface area contributed by atoms with Gasteiger partial charge in [0.1, 0.15) is 10.2 Å². The lowest BCUT2D eigenvalue weighted by Crippen LogP contribution is -2.41. The van der Waals surface area contributed by atoms with Crippen LogP contribution in [0.1, 0.15) is 31.9 Å². The van der Waals surface area contributed by atoms with E-state index in [2.05, 4.69) is 25.9 Å². The smallest absolute Gasteiger partial charge is 0.425 e. The minimum absolute atomic E-state index is 0.126. The number of hydrogen-bond acceptors (Lipinski definition) is 5. The molecule has 138 valence electrons. The zero-order valence-electron chi connectivity index (χ0n) is 15.2. The lowest BCUT2D eigenvalue weighted by atomic mass is 10.0. The Morgan fingerprint density at radius 3 is 2.27 bits per heavy atom. The number of rotatable bonds is 2. The molecule has 1 N–H and O–H groups in total. The van der Waals surface area contributed by atoms with Crippen LogP contribution in [0.15, 0.2) is 29.0 Å². The monoisotopic (exact) mass is 421 g/mol.